The van der Waals surface area contributed by atoms with E-state index in [0.29, 0.717) is 5.69 Å². The number of benzene rings is 1. The van der Waals surface area contributed by atoms with Crippen LogP contribution >= 0.6 is 0 Å². The molecular weight excluding hydrogens is 257 g/mol. The summed E-state index contributed by atoms with van der Waals surface area (Å²) in [5, 5.41) is 7.49. The van der Waals surface area contributed by atoms with Crippen molar-refractivity contribution >= 4 is 10.9 Å². The second kappa shape index (κ2) is 3.84. The standard InChI is InChI=1S/C12H9F3N4/c1-7-17-11(12(13,14)15)6-19(7)9-2-3-10-8(4-9)5-16-18-10/h2-6H,1H3,(H,16,18). The third kappa shape index (κ3) is 1.96. The van der Waals surface area contributed by atoms with Gasteiger partial charge in [0.05, 0.1) is 11.7 Å². The minimum absolute atomic E-state index is 0.287. The fourth-order valence-corrected chi connectivity index (χ4v) is 1.95. The molecule has 0 spiro atoms. The van der Waals surface area contributed by atoms with Gasteiger partial charge >= 0.3 is 6.18 Å². The van der Waals surface area contributed by atoms with Gasteiger partial charge in [-0.15, -0.1) is 0 Å². The molecule has 0 saturated heterocycles. The number of fused-ring (bicyclic) bond motifs is 1. The van der Waals surface area contributed by atoms with Crippen LogP contribution in [0.4, 0.5) is 13.2 Å². The van der Waals surface area contributed by atoms with Gasteiger partial charge in [0.25, 0.3) is 0 Å². The SMILES string of the molecule is Cc1nc(C(F)(F)F)cn1-c1ccc2[nH]ncc2c1. The molecule has 0 atom stereocenters. The lowest BCUT2D eigenvalue weighted by Gasteiger charge is -2.04. The van der Waals surface area contributed by atoms with Crippen LogP contribution in [0, 0.1) is 6.92 Å². The Hall–Kier alpha value is -2.31. The Morgan fingerprint density at radius 2 is 2.05 bits per heavy atom. The molecule has 1 aromatic carbocycles. The summed E-state index contributed by atoms with van der Waals surface area (Å²) in [5.41, 5.74) is 0.559. The number of H-pyrrole nitrogens is 1. The van der Waals surface area contributed by atoms with Crippen LogP contribution in [0.25, 0.3) is 16.6 Å². The Morgan fingerprint density at radius 1 is 1.26 bits per heavy atom. The average Bonchev–Trinajstić information content (AvgIpc) is 2.92. The quantitative estimate of drug-likeness (QED) is 0.735. The van der Waals surface area contributed by atoms with Crippen molar-refractivity contribution in [1.82, 2.24) is 19.7 Å². The van der Waals surface area contributed by atoms with Crippen LogP contribution in [-0.2, 0) is 6.18 Å². The maximum Gasteiger partial charge on any atom is 0.434 e. The van der Waals surface area contributed by atoms with Crippen molar-refractivity contribution in [3.8, 4) is 5.69 Å². The first kappa shape index (κ1) is 11.8. The zero-order chi connectivity index (χ0) is 13.6. The Bertz CT molecular complexity index is 739. The van der Waals surface area contributed by atoms with E-state index in [0.717, 1.165) is 17.1 Å². The number of aromatic nitrogens is 4. The lowest BCUT2D eigenvalue weighted by atomic mass is 10.2. The summed E-state index contributed by atoms with van der Waals surface area (Å²) in [7, 11) is 0. The smallest absolute Gasteiger partial charge is 0.303 e. The highest BCUT2D eigenvalue weighted by Gasteiger charge is 2.34. The lowest BCUT2D eigenvalue weighted by Crippen LogP contribution is -2.04. The molecule has 19 heavy (non-hydrogen) atoms. The number of nitrogens with one attached hydrogen (secondary N) is 1. The first-order valence-electron chi connectivity index (χ1n) is 5.52. The molecule has 2 heterocycles. The van der Waals surface area contributed by atoms with Gasteiger partial charge in [0, 0.05) is 17.3 Å². The number of aryl methyl sites for hydroxylation is 1. The third-order valence-electron chi connectivity index (χ3n) is 2.87. The molecule has 0 aliphatic carbocycles. The highest BCUT2D eigenvalue weighted by molar-refractivity contribution is 5.80. The van der Waals surface area contributed by atoms with E-state index in [-0.39, 0.29) is 5.82 Å². The number of nitrogens with zero attached hydrogens (tertiary/aromatic N) is 3. The predicted octanol–water partition coefficient (Wildman–Crippen LogP) is 3.08. The molecule has 1 N–H and O–H groups in total. The van der Waals surface area contributed by atoms with Gasteiger partial charge in [-0.05, 0) is 25.1 Å². The first-order chi connectivity index (χ1) is 8.95. The van der Waals surface area contributed by atoms with Crippen molar-refractivity contribution in [3.63, 3.8) is 0 Å². The largest absolute Gasteiger partial charge is 0.434 e. The summed E-state index contributed by atoms with van der Waals surface area (Å²) in [6.07, 6.45) is -1.82. The van der Waals surface area contributed by atoms with Gasteiger partial charge in [-0.2, -0.15) is 18.3 Å². The molecule has 0 amide bonds. The fourth-order valence-electron chi connectivity index (χ4n) is 1.95. The maximum atomic E-state index is 12.6. The number of rotatable bonds is 1. The van der Waals surface area contributed by atoms with Crippen LogP contribution in [0.3, 0.4) is 0 Å². The van der Waals surface area contributed by atoms with Crippen LogP contribution in [0.15, 0.2) is 30.6 Å². The van der Waals surface area contributed by atoms with Crippen LogP contribution in [-0.4, -0.2) is 19.7 Å². The molecule has 3 rings (SSSR count). The van der Waals surface area contributed by atoms with Crippen molar-refractivity contribution in [2.45, 2.75) is 13.1 Å². The van der Waals surface area contributed by atoms with Gasteiger partial charge in [-0.1, -0.05) is 0 Å². The number of imidazole rings is 1. The third-order valence-corrected chi connectivity index (χ3v) is 2.87. The van der Waals surface area contributed by atoms with Crippen LogP contribution in [0.5, 0.6) is 0 Å². The van der Waals surface area contributed by atoms with Crippen LogP contribution in [0.1, 0.15) is 11.5 Å². The molecule has 0 radical (unpaired) electrons. The topological polar surface area (TPSA) is 46.5 Å². The lowest BCUT2D eigenvalue weighted by molar-refractivity contribution is -0.141. The molecule has 0 fully saturated rings. The van der Waals surface area contributed by atoms with E-state index < -0.39 is 11.9 Å². The Balaban J connectivity index is 2.13. The zero-order valence-electron chi connectivity index (χ0n) is 9.86. The minimum atomic E-state index is -4.43. The second-order valence-electron chi connectivity index (χ2n) is 4.18. The fraction of sp³-hybridized carbons (Fsp3) is 0.167. The van der Waals surface area contributed by atoms with E-state index in [4.69, 9.17) is 0 Å². The number of alkyl halides is 3. The highest BCUT2D eigenvalue weighted by atomic mass is 19.4. The van der Waals surface area contributed by atoms with Gasteiger partial charge in [0.2, 0.25) is 0 Å². The zero-order valence-corrected chi connectivity index (χ0v) is 9.86. The van der Waals surface area contributed by atoms with E-state index >= 15 is 0 Å². The van der Waals surface area contributed by atoms with E-state index in [2.05, 4.69) is 15.2 Å². The molecule has 0 aliphatic heterocycles. The number of aromatic amines is 1. The second-order valence-corrected chi connectivity index (χ2v) is 4.18. The molecule has 98 valence electrons. The Kier molecular flexibility index (Phi) is 2.38. The monoisotopic (exact) mass is 266 g/mol. The summed E-state index contributed by atoms with van der Waals surface area (Å²) in [5.74, 6) is 0.287. The molecule has 0 saturated carbocycles. The molecule has 2 aromatic heterocycles. The summed E-state index contributed by atoms with van der Waals surface area (Å²) in [6.45, 7) is 1.54. The van der Waals surface area contributed by atoms with E-state index in [1.165, 1.54) is 11.5 Å². The van der Waals surface area contributed by atoms with Crippen molar-refractivity contribution in [2.24, 2.45) is 0 Å². The summed E-state index contributed by atoms with van der Waals surface area (Å²) < 4.78 is 39.2. The summed E-state index contributed by atoms with van der Waals surface area (Å²) in [4.78, 5) is 3.54. The molecule has 3 aromatic rings. The van der Waals surface area contributed by atoms with Crippen LogP contribution in [0.2, 0.25) is 0 Å². The number of hydrogen-bond donors (Lipinski definition) is 1. The van der Waals surface area contributed by atoms with Crippen molar-refractivity contribution in [2.75, 3.05) is 0 Å². The molecule has 7 heteroatoms. The first-order valence-corrected chi connectivity index (χ1v) is 5.52. The Morgan fingerprint density at radius 3 is 2.74 bits per heavy atom. The van der Waals surface area contributed by atoms with E-state index in [1.54, 1.807) is 24.4 Å². The van der Waals surface area contributed by atoms with Crippen LogP contribution < -0.4 is 0 Å². The molecule has 0 aliphatic rings. The minimum Gasteiger partial charge on any atom is -0.303 e. The van der Waals surface area contributed by atoms with Crippen molar-refractivity contribution in [1.29, 1.82) is 0 Å². The molecule has 4 nitrogen and oxygen atoms in total. The highest BCUT2D eigenvalue weighted by Crippen LogP contribution is 2.29. The molecular formula is C12H9F3N4. The molecule has 0 bridgehead atoms. The predicted molar refractivity (Wildman–Crippen MR) is 63.0 cm³/mol. The van der Waals surface area contributed by atoms with Crippen molar-refractivity contribution in [3.05, 3.63) is 42.1 Å². The van der Waals surface area contributed by atoms with Crippen molar-refractivity contribution < 1.29 is 13.2 Å². The van der Waals surface area contributed by atoms with Gasteiger partial charge in [0.15, 0.2) is 5.69 Å². The normalized spacial score (nSPS) is 12.2. The summed E-state index contributed by atoms with van der Waals surface area (Å²) in [6, 6.07) is 5.24. The van der Waals surface area contributed by atoms with Gasteiger partial charge in [-0.3, -0.25) is 5.10 Å². The Labute approximate surface area is 105 Å². The summed E-state index contributed by atoms with van der Waals surface area (Å²) >= 11 is 0. The van der Waals surface area contributed by atoms with Gasteiger partial charge in [-0.25, -0.2) is 4.98 Å². The maximum absolute atomic E-state index is 12.6. The number of hydrogen-bond acceptors (Lipinski definition) is 2. The van der Waals surface area contributed by atoms with E-state index in [9.17, 15) is 13.2 Å². The van der Waals surface area contributed by atoms with E-state index in [1.807, 2.05) is 0 Å². The molecule has 0 unspecified atom stereocenters. The number of halogens is 3. The average molecular weight is 266 g/mol. The van der Waals surface area contributed by atoms with Gasteiger partial charge in [0.1, 0.15) is 5.82 Å². The van der Waals surface area contributed by atoms with Gasteiger partial charge < -0.3 is 4.57 Å².